The minimum atomic E-state index is -3.25. The lowest BCUT2D eigenvalue weighted by atomic mass is 9.92. The van der Waals surface area contributed by atoms with Gasteiger partial charge in [0.1, 0.15) is 5.75 Å². The molecule has 2 fully saturated rings. The molecule has 6 rings (SSSR count). The molecule has 3 heterocycles. The van der Waals surface area contributed by atoms with Gasteiger partial charge in [-0.3, -0.25) is 9.29 Å². The van der Waals surface area contributed by atoms with Gasteiger partial charge in [-0.1, -0.05) is 12.1 Å². The number of benzene rings is 2. The second-order valence-corrected chi connectivity index (χ2v) is 11.2. The number of ether oxygens (including phenoxy) is 1. The molecule has 0 spiro atoms. The largest absolute Gasteiger partial charge is 0.437 e. The van der Waals surface area contributed by atoms with Gasteiger partial charge in [0.2, 0.25) is 15.9 Å². The highest BCUT2D eigenvalue weighted by molar-refractivity contribution is 7.92. The Kier molecular flexibility index (Phi) is 5.36. The van der Waals surface area contributed by atoms with E-state index in [-0.39, 0.29) is 5.75 Å². The van der Waals surface area contributed by atoms with Gasteiger partial charge in [-0.15, -0.1) is 0 Å². The maximum atomic E-state index is 12.5. The van der Waals surface area contributed by atoms with Gasteiger partial charge in [0.05, 0.1) is 34.5 Å². The van der Waals surface area contributed by atoms with Crippen LogP contribution in [0.15, 0.2) is 61.1 Å². The third-order valence-electron chi connectivity index (χ3n) is 6.99. The summed E-state index contributed by atoms with van der Waals surface area (Å²) in [6.45, 7) is 0.528. The molecule has 2 N–H and O–H groups in total. The van der Waals surface area contributed by atoms with Crippen LogP contribution in [0.4, 0.5) is 11.4 Å². The molecule has 0 unspecified atom stereocenters. The van der Waals surface area contributed by atoms with Crippen molar-refractivity contribution in [1.82, 2.24) is 14.5 Å². The minimum absolute atomic E-state index is 0.205. The molecule has 0 bridgehead atoms. The molecule has 2 aliphatic rings. The summed E-state index contributed by atoms with van der Waals surface area (Å²) in [5.41, 5.74) is 11.1. The molecule has 0 radical (unpaired) electrons. The van der Waals surface area contributed by atoms with E-state index in [1.165, 1.54) is 10.7 Å². The Hall–Kier alpha value is -3.59. The van der Waals surface area contributed by atoms with E-state index in [0.29, 0.717) is 29.9 Å². The summed E-state index contributed by atoms with van der Waals surface area (Å²) in [4.78, 5) is 8.27. The fraction of sp³-hybridized carbons (Fsp3) is 0.308. The van der Waals surface area contributed by atoms with Crippen molar-refractivity contribution in [2.24, 2.45) is 0 Å². The van der Waals surface area contributed by atoms with Crippen molar-refractivity contribution in [1.29, 1.82) is 0 Å². The van der Waals surface area contributed by atoms with Gasteiger partial charge < -0.3 is 15.0 Å². The second kappa shape index (κ2) is 8.57. The SMILES string of the molecule is Nc1c(-c2ccc(N3CCCCS3(=O)=O)cc2)n(C2CCC2)c2cc(Oc3cnccn3)ccc12. The van der Waals surface area contributed by atoms with Crippen LogP contribution in [0.3, 0.4) is 0 Å². The van der Waals surface area contributed by atoms with Gasteiger partial charge in [0, 0.05) is 42.0 Å². The normalized spacial score (nSPS) is 17.9. The fourth-order valence-corrected chi connectivity index (χ4v) is 6.66. The standard InChI is InChI=1S/C26H27N5O3S/c27-25-22-11-10-21(34-24-17-28-12-13-29-24)16-23(22)31(20-4-3-5-20)26(25)18-6-8-19(9-7-18)30-14-1-2-15-35(30,32)33/h6-13,16-17,20H,1-5,14-15,27H2. The van der Waals surface area contributed by atoms with Gasteiger partial charge >= 0.3 is 0 Å². The van der Waals surface area contributed by atoms with Gasteiger partial charge in [-0.05, 0) is 56.4 Å². The van der Waals surface area contributed by atoms with Crippen molar-refractivity contribution in [2.75, 3.05) is 22.3 Å². The molecule has 1 aliphatic carbocycles. The number of nitrogen functional groups attached to an aromatic ring is 1. The molecule has 8 nitrogen and oxygen atoms in total. The number of anilines is 2. The summed E-state index contributed by atoms with van der Waals surface area (Å²) < 4.78 is 34.9. The summed E-state index contributed by atoms with van der Waals surface area (Å²) in [6.07, 6.45) is 9.76. The maximum Gasteiger partial charge on any atom is 0.237 e. The van der Waals surface area contributed by atoms with Crippen LogP contribution in [0.1, 0.15) is 38.1 Å². The molecular formula is C26H27N5O3S. The van der Waals surface area contributed by atoms with Gasteiger partial charge in [-0.25, -0.2) is 13.4 Å². The highest BCUT2D eigenvalue weighted by atomic mass is 32.2. The van der Waals surface area contributed by atoms with Crippen LogP contribution in [0.5, 0.6) is 11.6 Å². The zero-order valence-electron chi connectivity index (χ0n) is 19.3. The summed E-state index contributed by atoms with van der Waals surface area (Å²) in [7, 11) is -3.25. The summed E-state index contributed by atoms with van der Waals surface area (Å²) in [5, 5.41) is 0.973. The third kappa shape index (κ3) is 3.89. The van der Waals surface area contributed by atoms with Crippen LogP contribution >= 0.6 is 0 Å². The molecule has 1 aliphatic heterocycles. The highest BCUT2D eigenvalue weighted by Gasteiger charge is 2.28. The Balaban J connectivity index is 1.42. The van der Waals surface area contributed by atoms with Crippen LogP contribution in [-0.4, -0.2) is 35.3 Å². The molecular weight excluding hydrogens is 462 g/mol. The highest BCUT2D eigenvalue weighted by Crippen LogP contribution is 2.45. The molecule has 2 aromatic heterocycles. The average molecular weight is 490 g/mol. The Morgan fingerprint density at radius 2 is 1.83 bits per heavy atom. The Morgan fingerprint density at radius 3 is 2.51 bits per heavy atom. The Bertz CT molecular complexity index is 1480. The maximum absolute atomic E-state index is 12.5. The smallest absolute Gasteiger partial charge is 0.237 e. The number of hydrogen-bond acceptors (Lipinski definition) is 6. The number of nitrogens with zero attached hydrogens (tertiary/aromatic N) is 4. The topological polar surface area (TPSA) is 103 Å². The minimum Gasteiger partial charge on any atom is -0.437 e. The summed E-state index contributed by atoms with van der Waals surface area (Å²) in [5.74, 6) is 1.31. The number of fused-ring (bicyclic) bond motifs is 1. The molecule has 35 heavy (non-hydrogen) atoms. The first kappa shape index (κ1) is 21.9. The van der Waals surface area contributed by atoms with Crippen LogP contribution in [0, 0.1) is 0 Å². The third-order valence-corrected chi connectivity index (χ3v) is 8.86. The summed E-state index contributed by atoms with van der Waals surface area (Å²) >= 11 is 0. The zero-order chi connectivity index (χ0) is 24.0. The zero-order valence-corrected chi connectivity index (χ0v) is 20.1. The van der Waals surface area contributed by atoms with Crippen molar-refractivity contribution in [2.45, 2.75) is 38.1 Å². The first-order valence-electron chi connectivity index (χ1n) is 12.0. The van der Waals surface area contributed by atoms with E-state index in [2.05, 4.69) is 14.5 Å². The lowest BCUT2D eigenvalue weighted by molar-refractivity contribution is 0.324. The molecule has 9 heteroatoms. The number of nitrogens with two attached hydrogens (primary N) is 1. The molecule has 2 aromatic carbocycles. The van der Waals surface area contributed by atoms with Gasteiger partial charge in [0.15, 0.2) is 0 Å². The second-order valence-electron chi connectivity index (χ2n) is 9.18. The number of sulfonamides is 1. The van der Waals surface area contributed by atoms with E-state index in [1.54, 1.807) is 18.6 Å². The van der Waals surface area contributed by atoms with Crippen molar-refractivity contribution >= 4 is 32.3 Å². The molecule has 1 saturated carbocycles. The molecule has 1 saturated heterocycles. The predicted octanol–water partition coefficient (Wildman–Crippen LogP) is 5.13. The van der Waals surface area contributed by atoms with Gasteiger partial charge in [-0.2, -0.15) is 0 Å². The first-order chi connectivity index (χ1) is 17.0. The van der Waals surface area contributed by atoms with E-state index in [1.807, 2.05) is 42.5 Å². The Morgan fingerprint density at radius 1 is 1.00 bits per heavy atom. The van der Waals surface area contributed by atoms with E-state index < -0.39 is 10.0 Å². The van der Waals surface area contributed by atoms with Crippen LogP contribution in [0.25, 0.3) is 22.2 Å². The molecule has 180 valence electrons. The summed E-state index contributed by atoms with van der Waals surface area (Å²) in [6, 6.07) is 14.0. The Labute approximate surface area is 204 Å². The van der Waals surface area contributed by atoms with Crippen molar-refractivity contribution in [3.63, 3.8) is 0 Å². The number of rotatable bonds is 5. The van der Waals surface area contributed by atoms with Crippen LogP contribution in [0.2, 0.25) is 0 Å². The van der Waals surface area contributed by atoms with E-state index in [4.69, 9.17) is 10.5 Å². The van der Waals surface area contributed by atoms with E-state index in [0.717, 1.165) is 53.5 Å². The lowest BCUT2D eigenvalue weighted by Gasteiger charge is -2.30. The van der Waals surface area contributed by atoms with E-state index >= 15 is 0 Å². The van der Waals surface area contributed by atoms with Gasteiger partial charge in [0.25, 0.3) is 0 Å². The first-order valence-corrected chi connectivity index (χ1v) is 13.6. The lowest BCUT2D eigenvalue weighted by Crippen LogP contribution is -2.37. The molecule has 0 atom stereocenters. The van der Waals surface area contributed by atoms with Crippen LogP contribution in [-0.2, 0) is 10.0 Å². The van der Waals surface area contributed by atoms with Crippen molar-refractivity contribution in [3.05, 3.63) is 61.1 Å². The van der Waals surface area contributed by atoms with Crippen molar-refractivity contribution in [3.8, 4) is 22.9 Å². The monoisotopic (exact) mass is 489 g/mol. The van der Waals surface area contributed by atoms with Crippen LogP contribution < -0.4 is 14.8 Å². The quantitative estimate of drug-likeness (QED) is 0.417. The number of aromatic nitrogens is 3. The van der Waals surface area contributed by atoms with E-state index in [9.17, 15) is 8.42 Å². The molecule has 0 amide bonds. The van der Waals surface area contributed by atoms with Crippen molar-refractivity contribution < 1.29 is 13.2 Å². The fourth-order valence-electron chi connectivity index (χ4n) is 5.02. The number of hydrogen-bond donors (Lipinski definition) is 1. The average Bonchev–Trinajstić information content (AvgIpc) is 3.10. The predicted molar refractivity (Wildman–Crippen MR) is 137 cm³/mol. The molecule has 4 aromatic rings.